The van der Waals surface area contributed by atoms with E-state index in [-0.39, 0.29) is 4.90 Å². The van der Waals surface area contributed by atoms with Crippen LogP contribution in [0.25, 0.3) is 5.82 Å². The molecular formula is C16H14N4O4S. The van der Waals surface area contributed by atoms with Crippen molar-refractivity contribution in [2.75, 3.05) is 17.9 Å². The van der Waals surface area contributed by atoms with Crippen molar-refractivity contribution in [3.63, 3.8) is 0 Å². The molecule has 128 valence electrons. The molecule has 0 fully saturated rings. The standard InChI is InChI=1S/C16H14N4O4S/c21-25(22,13-2-3-14-15(9-13)24-8-7-23-14)19-12-1-4-16(18-10-12)20-6-5-17-11-20/h1-6,9-11,19H,7-8H2. The van der Waals surface area contributed by atoms with Crippen LogP contribution in [0.2, 0.25) is 0 Å². The van der Waals surface area contributed by atoms with Crippen LogP contribution in [0.4, 0.5) is 5.69 Å². The fraction of sp³-hybridized carbons (Fsp3) is 0.125. The number of imidazole rings is 1. The van der Waals surface area contributed by atoms with Crippen LogP contribution in [-0.2, 0) is 10.0 Å². The van der Waals surface area contributed by atoms with Gasteiger partial charge in [-0.15, -0.1) is 0 Å². The highest BCUT2D eigenvalue weighted by molar-refractivity contribution is 7.92. The summed E-state index contributed by atoms with van der Waals surface area (Å²) in [6.07, 6.45) is 6.45. The van der Waals surface area contributed by atoms with Gasteiger partial charge in [-0.1, -0.05) is 0 Å². The van der Waals surface area contributed by atoms with Crippen molar-refractivity contribution in [1.29, 1.82) is 0 Å². The third kappa shape index (κ3) is 3.13. The van der Waals surface area contributed by atoms with E-state index in [9.17, 15) is 8.42 Å². The Morgan fingerprint density at radius 1 is 1.08 bits per heavy atom. The summed E-state index contributed by atoms with van der Waals surface area (Å²) in [7, 11) is -3.76. The minimum absolute atomic E-state index is 0.0930. The van der Waals surface area contributed by atoms with Crippen molar-refractivity contribution in [3.8, 4) is 17.3 Å². The first-order chi connectivity index (χ1) is 12.1. The average molecular weight is 358 g/mol. The van der Waals surface area contributed by atoms with Gasteiger partial charge in [-0.25, -0.2) is 18.4 Å². The van der Waals surface area contributed by atoms with Gasteiger partial charge in [0, 0.05) is 18.5 Å². The Labute approximate surface area is 144 Å². The Kier molecular flexibility index (Phi) is 3.77. The number of ether oxygens (including phenoxy) is 2. The van der Waals surface area contributed by atoms with Gasteiger partial charge in [-0.05, 0) is 24.3 Å². The second kappa shape index (κ2) is 6.10. The molecule has 0 unspecified atom stereocenters. The van der Waals surface area contributed by atoms with E-state index in [1.54, 1.807) is 41.5 Å². The zero-order valence-corrected chi connectivity index (χ0v) is 13.8. The molecule has 9 heteroatoms. The lowest BCUT2D eigenvalue weighted by Crippen LogP contribution is -2.17. The van der Waals surface area contributed by atoms with Crippen LogP contribution in [0.15, 0.2) is 60.1 Å². The van der Waals surface area contributed by atoms with Crippen LogP contribution in [0, 0.1) is 0 Å². The van der Waals surface area contributed by atoms with Gasteiger partial charge >= 0.3 is 0 Å². The van der Waals surface area contributed by atoms with Gasteiger partial charge in [0.05, 0.1) is 16.8 Å². The molecule has 1 aromatic carbocycles. The summed E-state index contributed by atoms with van der Waals surface area (Å²) in [5.41, 5.74) is 0.360. The first kappa shape index (κ1) is 15.5. The molecule has 1 aliphatic heterocycles. The third-order valence-electron chi connectivity index (χ3n) is 3.59. The number of fused-ring (bicyclic) bond motifs is 1. The number of sulfonamides is 1. The molecule has 8 nitrogen and oxygen atoms in total. The van der Waals surface area contributed by atoms with E-state index in [1.807, 2.05) is 0 Å². The summed E-state index contributed by atoms with van der Waals surface area (Å²) in [5.74, 6) is 1.60. The first-order valence-electron chi connectivity index (χ1n) is 7.49. The molecule has 2 aromatic heterocycles. The third-order valence-corrected chi connectivity index (χ3v) is 4.97. The fourth-order valence-corrected chi connectivity index (χ4v) is 3.46. The number of aromatic nitrogens is 3. The maximum Gasteiger partial charge on any atom is 0.262 e. The molecule has 0 saturated heterocycles. The molecule has 3 aromatic rings. The second-order valence-corrected chi connectivity index (χ2v) is 6.97. The molecule has 3 heterocycles. The fourth-order valence-electron chi connectivity index (χ4n) is 2.40. The van der Waals surface area contributed by atoms with E-state index in [2.05, 4.69) is 14.7 Å². The number of rotatable bonds is 4. The number of anilines is 1. The zero-order valence-electron chi connectivity index (χ0n) is 13.0. The molecule has 25 heavy (non-hydrogen) atoms. The van der Waals surface area contributed by atoms with Gasteiger partial charge in [0.1, 0.15) is 25.4 Å². The van der Waals surface area contributed by atoms with Crippen LogP contribution in [0.5, 0.6) is 11.5 Å². The summed E-state index contributed by atoms with van der Waals surface area (Å²) in [5, 5.41) is 0. The van der Waals surface area contributed by atoms with Crippen molar-refractivity contribution in [2.45, 2.75) is 4.90 Å². The van der Waals surface area contributed by atoms with Gasteiger partial charge in [0.2, 0.25) is 0 Å². The number of benzene rings is 1. The van der Waals surface area contributed by atoms with Crippen molar-refractivity contribution >= 4 is 15.7 Å². The van der Waals surface area contributed by atoms with Gasteiger partial charge < -0.3 is 9.47 Å². The van der Waals surface area contributed by atoms with E-state index >= 15 is 0 Å². The van der Waals surface area contributed by atoms with Crippen molar-refractivity contribution in [3.05, 3.63) is 55.2 Å². The number of nitrogens with zero attached hydrogens (tertiary/aromatic N) is 3. The Bertz CT molecular complexity index is 985. The van der Waals surface area contributed by atoms with Gasteiger partial charge in [-0.2, -0.15) is 0 Å². The Balaban J connectivity index is 1.57. The van der Waals surface area contributed by atoms with Crippen molar-refractivity contribution in [1.82, 2.24) is 14.5 Å². The van der Waals surface area contributed by atoms with Crippen LogP contribution < -0.4 is 14.2 Å². The van der Waals surface area contributed by atoms with Crippen molar-refractivity contribution < 1.29 is 17.9 Å². The van der Waals surface area contributed by atoms with Crippen LogP contribution >= 0.6 is 0 Å². The zero-order chi connectivity index (χ0) is 17.3. The van der Waals surface area contributed by atoms with E-state index in [0.717, 1.165) is 0 Å². The smallest absolute Gasteiger partial charge is 0.262 e. The molecule has 0 spiro atoms. The Morgan fingerprint density at radius 3 is 2.64 bits per heavy atom. The predicted octanol–water partition coefficient (Wildman–Crippen LogP) is 1.84. The lowest BCUT2D eigenvalue weighted by Gasteiger charge is -2.19. The molecular weight excluding hydrogens is 344 g/mol. The number of hydrogen-bond acceptors (Lipinski definition) is 6. The van der Waals surface area contributed by atoms with Gasteiger partial charge in [0.15, 0.2) is 11.5 Å². The summed E-state index contributed by atoms with van der Waals surface area (Å²) >= 11 is 0. The number of pyridine rings is 1. The molecule has 4 rings (SSSR count). The summed E-state index contributed by atoms with van der Waals surface area (Å²) < 4.78 is 40.2. The largest absolute Gasteiger partial charge is 0.486 e. The maximum atomic E-state index is 12.6. The highest BCUT2D eigenvalue weighted by Crippen LogP contribution is 2.32. The lowest BCUT2D eigenvalue weighted by molar-refractivity contribution is 0.171. The monoisotopic (exact) mass is 358 g/mol. The Morgan fingerprint density at radius 2 is 1.92 bits per heavy atom. The lowest BCUT2D eigenvalue weighted by atomic mass is 10.3. The van der Waals surface area contributed by atoms with E-state index in [1.165, 1.54) is 18.3 Å². The minimum atomic E-state index is -3.76. The summed E-state index contributed by atoms with van der Waals surface area (Å²) in [6, 6.07) is 7.85. The van der Waals surface area contributed by atoms with Gasteiger partial charge in [-0.3, -0.25) is 9.29 Å². The quantitative estimate of drug-likeness (QED) is 0.765. The second-order valence-electron chi connectivity index (χ2n) is 5.29. The number of hydrogen-bond donors (Lipinski definition) is 1. The molecule has 0 bridgehead atoms. The highest BCUT2D eigenvalue weighted by Gasteiger charge is 2.19. The summed E-state index contributed by atoms with van der Waals surface area (Å²) in [6.45, 7) is 0.843. The number of nitrogens with one attached hydrogen (secondary N) is 1. The van der Waals surface area contributed by atoms with Crippen molar-refractivity contribution in [2.24, 2.45) is 0 Å². The topological polar surface area (TPSA) is 95.3 Å². The molecule has 0 aliphatic carbocycles. The predicted molar refractivity (Wildman–Crippen MR) is 89.6 cm³/mol. The molecule has 1 aliphatic rings. The van der Waals surface area contributed by atoms with Crippen LogP contribution in [0.3, 0.4) is 0 Å². The molecule has 1 N–H and O–H groups in total. The first-order valence-corrected chi connectivity index (χ1v) is 8.97. The molecule has 0 atom stereocenters. The minimum Gasteiger partial charge on any atom is -0.486 e. The molecule has 0 saturated carbocycles. The maximum absolute atomic E-state index is 12.6. The highest BCUT2D eigenvalue weighted by atomic mass is 32.2. The van der Waals surface area contributed by atoms with Crippen LogP contribution in [0.1, 0.15) is 0 Å². The van der Waals surface area contributed by atoms with E-state index < -0.39 is 10.0 Å². The molecule has 0 radical (unpaired) electrons. The normalized spacial score (nSPS) is 13.4. The average Bonchev–Trinajstić information content (AvgIpc) is 3.16. The van der Waals surface area contributed by atoms with Crippen LogP contribution in [-0.4, -0.2) is 36.2 Å². The Hall–Kier alpha value is -3.07. The van der Waals surface area contributed by atoms with Gasteiger partial charge in [0.25, 0.3) is 10.0 Å². The summed E-state index contributed by atoms with van der Waals surface area (Å²) in [4.78, 5) is 8.26. The van der Waals surface area contributed by atoms with E-state index in [0.29, 0.717) is 36.2 Å². The van der Waals surface area contributed by atoms with E-state index in [4.69, 9.17) is 9.47 Å². The molecule has 0 amide bonds. The SMILES string of the molecule is O=S(=O)(Nc1ccc(-n2ccnc2)nc1)c1ccc2c(c1)OCCO2.